The zero-order chi connectivity index (χ0) is 21.4. The highest BCUT2D eigenvalue weighted by Crippen LogP contribution is 2.53. The number of aromatic nitrogens is 3. The molecule has 3 aromatic rings. The van der Waals surface area contributed by atoms with Crippen molar-refractivity contribution in [3.05, 3.63) is 58.7 Å². The normalized spacial score (nSPS) is 19.8. The maximum atomic E-state index is 13.7. The van der Waals surface area contributed by atoms with Gasteiger partial charge in [0.2, 0.25) is 0 Å². The second-order valence-corrected chi connectivity index (χ2v) is 8.95. The van der Waals surface area contributed by atoms with Crippen LogP contribution in [-0.4, -0.2) is 44.7 Å². The average molecular weight is 419 g/mol. The first kappa shape index (κ1) is 18.7. The summed E-state index contributed by atoms with van der Waals surface area (Å²) in [5.41, 5.74) is 10.6. The number of carboxylic acid groups (broad SMARTS) is 1. The number of H-pyrrole nitrogens is 1. The van der Waals surface area contributed by atoms with Gasteiger partial charge in [0.15, 0.2) is 5.82 Å². The fourth-order valence-corrected chi connectivity index (χ4v) is 5.18. The minimum atomic E-state index is -0.939. The minimum absolute atomic E-state index is 0.338. The second kappa shape index (κ2) is 6.21. The van der Waals surface area contributed by atoms with Crippen molar-refractivity contribution in [1.29, 1.82) is 0 Å². The molecular formula is C23H22FN5O2. The number of aromatic carboxylic acids is 1. The van der Waals surface area contributed by atoms with E-state index in [0.717, 1.165) is 29.7 Å². The number of hydrogen-bond acceptors (Lipinski definition) is 5. The van der Waals surface area contributed by atoms with E-state index < -0.39 is 11.4 Å². The molecule has 31 heavy (non-hydrogen) atoms. The number of hydrogen-bond donors (Lipinski definition) is 4. The van der Waals surface area contributed by atoms with Crippen LogP contribution in [-0.2, 0) is 18.3 Å². The second-order valence-electron chi connectivity index (χ2n) is 8.95. The number of nitrogens with two attached hydrogens (primary N) is 1. The van der Waals surface area contributed by atoms with Gasteiger partial charge in [-0.05, 0) is 48.9 Å². The Hall–Kier alpha value is -3.10. The Morgan fingerprint density at radius 1 is 1.23 bits per heavy atom. The number of aryl methyl sites for hydroxylation is 1. The third kappa shape index (κ3) is 2.55. The summed E-state index contributed by atoms with van der Waals surface area (Å²) in [7, 11) is 0. The smallest absolute Gasteiger partial charge is 0.337 e. The molecule has 3 heterocycles. The highest BCUT2D eigenvalue weighted by atomic mass is 19.1. The van der Waals surface area contributed by atoms with Gasteiger partial charge in [-0.2, -0.15) is 0 Å². The van der Waals surface area contributed by atoms with E-state index in [9.17, 15) is 14.3 Å². The van der Waals surface area contributed by atoms with Crippen LogP contribution in [0.25, 0.3) is 22.8 Å². The fraction of sp³-hybridized carbons (Fsp3) is 0.348. The number of nitrogens with zero attached hydrogens (tertiary/aromatic N) is 2. The summed E-state index contributed by atoms with van der Waals surface area (Å²) in [6.45, 7) is 1.32. The van der Waals surface area contributed by atoms with Crippen molar-refractivity contribution in [3.63, 3.8) is 0 Å². The maximum Gasteiger partial charge on any atom is 0.337 e. The highest BCUT2D eigenvalue weighted by Gasteiger charge is 2.62. The van der Waals surface area contributed by atoms with Crippen LogP contribution in [0.2, 0.25) is 0 Å². The van der Waals surface area contributed by atoms with Crippen LogP contribution in [0, 0.1) is 5.82 Å². The number of halogens is 1. The molecule has 0 radical (unpaired) electrons. The van der Waals surface area contributed by atoms with Gasteiger partial charge in [-0.25, -0.2) is 19.2 Å². The van der Waals surface area contributed by atoms with Crippen LogP contribution in [0.5, 0.6) is 0 Å². The average Bonchev–Trinajstić information content (AvgIpc) is 3.33. The van der Waals surface area contributed by atoms with Crippen molar-refractivity contribution in [1.82, 2.24) is 20.3 Å². The van der Waals surface area contributed by atoms with Gasteiger partial charge in [0, 0.05) is 36.1 Å². The molecule has 8 heteroatoms. The molecule has 1 saturated carbocycles. The summed E-state index contributed by atoms with van der Waals surface area (Å²) in [5, 5.41) is 13.4. The predicted molar refractivity (Wildman–Crippen MR) is 112 cm³/mol. The molecule has 0 atom stereocenters. The predicted octanol–water partition coefficient (Wildman–Crippen LogP) is 2.41. The summed E-state index contributed by atoms with van der Waals surface area (Å²) in [6.07, 6.45) is 4.80. The monoisotopic (exact) mass is 419 g/mol. The van der Waals surface area contributed by atoms with E-state index in [4.69, 9.17) is 10.7 Å². The van der Waals surface area contributed by atoms with Crippen LogP contribution in [0.15, 0.2) is 30.5 Å². The molecule has 0 bridgehead atoms. The zero-order valence-corrected chi connectivity index (χ0v) is 16.8. The summed E-state index contributed by atoms with van der Waals surface area (Å²) < 4.78 is 13.7. The molecular weight excluding hydrogens is 397 g/mol. The molecule has 0 amide bonds. The van der Waals surface area contributed by atoms with Crippen LogP contribution in [0.1, 0.15) is 40.0 Å². The van der Waals surface area contributed by atoms with Crippen molar-refractivity contribution in [2.75, 3.05) is 13.1 Å². The van der Waals surface area contributed by atoms with Gasteiger partial charge in [-0.15, -0.1) is 0 Å². The molecule has 1 aromatic carbocycles. The van der Waals surface area contributed by atoms with E-state index in [1.165, 1.54) is 12.1 Å². The molecule has 158 valence electrons. The van der Waals surface area contributed by atoms with Crippen molar-refractivity contribution < 1.29 is 14.3 Å². The number of rotatable bonds is 4. The van der Waals surface area contributed by atoms with E-state index >= 15 is 0 Å². The number of carbonyl (C=O) groups is 1. The van der Waals surface area contributed by atoms with Gasteiger partial charge >= 0.3 is 5.97 Å². The number of nitrogens with one attached hydrogen (secondary N) is 2. The molecule has 2 fully saturated rings. The molecule has 5 N–H and O–H groups in total. The molecule has 1 saturated heterocycles. The molecule has 0 unspecified atom stereocenters. The van der Waals surface area contributed by atoms with E-state index in [-0.39, 0.29) is 11.4 Å². The quantitative estimate of drug-likeness (QED) is 0.516. The molecule has 0 spiro atoms. The van der Waals surface area contributed by atoms with Gasteiger partial charge in [-0.1, -0.05) is 12.1 Å². The maximum absolute atomic E-state index is 13.7. The van der Waals surface area contributed by atoms with Gasteiger partial charge in [0.1, 0.15) is 5.82 Å². The van der Waals surface area contributed by atoms with E-state index in [2.05, 4.69) is 15.3 Å². The van der Waals surface area contributed by atoms with E-state index in [1.807, 2.05) is 0 Å². The van der Waals surface area contributed by atoms with Crippen LogP contribution in [0.3, 0.4) is 0 Å². The first-order valence-electron chi connectivity index (χ1n) is 10.5. The molecule has 7 nitrogen and oxygen atoms in total. The first-order chi connectivity index (χ1) is 14.9. The molecule has 2 aromatic heterocycles. The summed E-state index contributed by atoms with van der Waals surface area (Å²) in [4.78, 5) is 25.0. The van der Waals surface area contributed by atoms with E-state index in [1.54, 1.807) is 18.3 Å². The molecule has 1 aliphatic heterocycles. The largest absolute Gasteiger partial charge is 0.478 e. The molecule has 6 rings (SSSR count). The lowest BCUT2D eigenvalue weighted by molar-refractivity contribution is 0.0689. The topological polar surface area (TPSA) is 117 Å². The lowest BCUT2D eigenvalue weighted by Crippen LogP contribution is -2.67. The highest BCUT2D eigenvalue weighted by molar-refractivity contribution is 5.95. The Morgan fingerprint density at radius 2 is 2.03 bits per heavy atom. The summed E-state index contributed by atoms with van der Waals surface area (Å²) in [5.74, 6) is -0.880. The minimum Gasteiger partial charge on any atom is -0.478 e. The van der Waals surface area contributed by atoms with E-state index in [0.29, 0.717) is 54.3 Å². The first-order valence-corrected chi connectivity index (χ1v) is 10.5. The Bertz CT molecular complexity index is 1240. The Morgan fingerprint density at radius 3 is 2.68 bits per heavy atom. The van der Waals surface area contributed by atoms with Gasteiger partial charge in [0.05, 0.1) is 22.4 Å². The van der Waals surface area contributed by atoms with Crippen LogP contribution in [0.4, 0.5) is 4.39 Å². The third-order valence-corrected chi connectivity index (χ3v) is 7.22. The number of aromatic amines is 1. The lowest BCUT2D eigenvalue weighted by Gasteiger charge is -2.47. The van der Waals surface area contributed by atoms with Gasteiger partial charge in [0.25, 0.3) is 0 Å². The molecule has 2 aliphatic carbocycles. The SMILES string of the molecule is NC1(C2(c3[nH]c4c(c3C(=O)O)CCc3cnc(-c5cccc(F)c5)nc3-4)CNC2)CC1. The summed E-state index contributed by atoms with van der Waals surface area (Å²) >= 11 is 0. The van der Waals surface area contributed by atoms with Crippen LogP contribution >= 0.6 is 0 Å². The van der Waals surface area contributed by atoms with Crippen molar-refractivity contribution in [2.24, 2.45) is 5.73 Å². The van der Waals surface area contributed by atoms with Crippen molar-refractivity contribution in [2.45, 2.75) is 36.6 Å². The Balaban J connectivity index is 1.54. The number of carboxylic acids is 1. The zero-order valence-electron chi connectivity index (χ0n) is 16.8. The number of benzene rings is 1. The van der Waals surface area contributed by atoms with Gasteiger partial charge in [-0.3, -0.25) is 0 Å². The lowest BCUT2D eigenvalue weighted by atomic mass is 9.69. The molecule has 3 aliphatic rings. The Labute approximate surface area is 177 Å². The van der Waals surface area contributed by atoms with Crippen molar-refractivity contribution >= 4 is 5.97 Å². The Kier molecular flexibility index (Phi) is 3.74. The number of fused-ring (bicyclic) bond motifs is 3. The third-order valence-electron chi connectivity index (χ3n) is 7.22. The van der Waals surface area contributed by atoms with Gasteiger partial charge < -0.3 is 21.1 Å². The summed E-state index contributed by atoms with van der Waals surface area (Å²) in [6, 6.07) is 6.16. The van der Waals surface area contributed by atoms with Crippen LogP contribution < -0.4 is 11.1 Å². The van der Waals surface area contributed by atoms with Crippen molar-refractivity contribution in [3.8, 4) is 22.8 Å². The standard InChI is InChI=1S/C23H22FN5O2/c24-14-3-1-2-12(8-14)20-27-9-13-4-5-15-16(21(30)31)19(28-18(15)17(13)29-20)22(10-26-11-22)23(25)6-7-23/h1-3,8-9,26,28H,4-7,10-11,25H2,(H,30,31). The fourth-order valence-electron chi connectivity index (χ4n) is 5.18.